The van der Waals surface area contributed by atoms with Crippen molar-refractivity contribution in [1.29, 1.82) is 0 Å². The van der Waals surface area contributed by atoms with Crippen LogP contribution in [0.4, 0.5) is 0 Å². The molecule has 0 unspecified atom stereocenters. The van der Waals surface area contributed by atoms with Gasteiger partial charge < -0.3 is 4.74 Å². The van der Waals surface area contributed by atoms with Gasteiger partial charge in [0.25, 0.3) is 0 Å². The van der Waals surface area contributed by atoms with Crippen molar-refractivity contribution in [2.24, 2.45) is 5.41 Å². The van der Waals surface area contributed by atoms with Gasteiger partial charge in [0.05, 0.1) is 18.4 Å². The summed E-state index contributed by atoms with van der Waals surface area (Å²) >= 11 is 0. The van der Waals surface area contributed by atoms with Gasteiger partial charge >= 0.3 is 5.97 Å². The smallest absolute Gasteiger partial charge is 0.311 e. The summed E-state index contributed by atoms with van der Waals surface area (Å²) in [6, 6.07) is 0. The van der Waals surface area contributed by atoms with Crippen LogP contribution in [0.15, 0.2) is 0 Å². The number of carbonyl (C=O) groups excluding carboxylic acids is 3. The summed E-state index contributed by atoms with van der Waals surface area (Å²) in [6.45, 7) is 6.93. The number of hydrogen-bond acceptors (Lipinski definition) is 4. The molecule has 0 aliphatic heterocycles. The summed E-state index contributed by atoms with van der Waals surface area (Å²) in [5.41, 5.74) is -0.510. The molecule has 4 heteroatoms. The lowest BCUT2D eigenvalue weighted by molar-refractivity contribution is -0.154. The lowest BCUT2D eigenvalue weighted by atomic mass is 9.91. The van der Waals surface area contributed by atoms with Crippen LogP contribution in [0.1, 0.15) is 47.0 Å². The van der Waals surface area contributed by atoms with Crippen LogP contribution >= 0.6 is 0 Å². The van der Waals surface area contributed by atoms with Crippen LogP contribution in [0.25, 0.3) is 0 Å². The van der Waals surface area contributed by atoms with Crippen LogP contribution in [-0.2, 0) is 19.1 Å². The minimum absolute atomic E-state index is 0.0639. The second kappa shape index (κ2) is 6.40. The van der Waals surface area contributed by atoms with E-state index in [1.54, 1.807) is 13.8 Å². The predicted molar refractivity (Wildman–Crippen MR) is 60.0 cm³/mol. The third-order valence-corrected chi connectivity index (χ3v) is 2.50. The molecule has 0 rings (SSSR count). The molecular formula is C12H20O4. The molecule has 16 heavy (non-hydrogen) atoms. The molecule has 4 nitrogen and oxygen atoms in total. The van der Waals surface area contributed by atoms with Crippen LogP contribution in [0.2, 0.25) is 0 Å². The van der Waals surface area contributed by atoms with Crippen molar-refractivity contribution in [2.45, 2.75) is 47.0 Å². The number of ketones is 2. The zero-order valence-corrected chi connectivity index (χ0v) is 10.5. The Kier molecular flexibility index (Phi) is 5.93. The van der Waals surface area contributed by atoms with Crippen LogP contribution in [-0.4, -0.2) is 24.1 Å². The van der Waals surface area contributed by atoms with E-state index in [0.717, 1.165) is 0 Å². The molecular weight excluding hydrogens is 208 g/mol. The highest BCUT2D eigenvalue weighted by atomic mass is 16.5. The maximum absolute atomic E-state index is 11.5. The highest BCUT2D eigenvalue weighted by Crippen LogP contribution is 2.21. The van der Waals surface area contributed by atoms with Gasteiger partial charge in [-0.15, -0.1) is 0 Å². The van der Waals surface area contributed by atoms with Gasteiger partial charge in [-0.3, -0.25) is 14.4 Å². The average molecular weight is 228 g/mol. The van der Waals surface area contributed by atoms with E-state index in [-0.39, 0.29) is 37.0 Å². The quantitative estimate of drug-likeness (QED) is 0.493. The largest absolute Gasteiger partial charge is 0.465 e. The van der Waals surface area contributed by atoms with E-state index in [0.29, 0.717) is 6.42 Å². The molecule has 0 saturated carbocycles. The average Bonchev–Trinajstić information content (AvgIpc) is 2.16. The predicted octanol–water partition coefficient (Wildman–Crippen LogP) is 1.90. The lowest BCUT2D eigenvalue weighted by Crippen LogP contribution is -2.26. The monoisotopic (exact) mass is 228 g/mol. The normalized spacial score (nSPS) is 11.0. The fraction of sp³-hybridized carbons (Fsp3) is 0.750. The highest BCUT2D eigenvalue weighted by molar-refractivity contribution is 5.97. The summed E-state index contributed by atoms with van der Waals surface area (Å²) < 4.78 is 4.98. The molecule has 0 bridgehead atoms. The first-order valence-corrected chi connectivity index (χ1v) is 5.48. The number of esters is 1. The van der Waals surface area contributed by atoms with Crippen molar-refractivity contribution in [2.75, 3.05) is 6.61 Å². The minimum Gasteiger partial charge on any atom is -0.465 e. The topological polar surface area (TPSA) is 60.4 Å². The fourth-order valence-corrected chi connectivity index (χ4v) is 0.963. The molecule has 0 aromatic rings. The second-order valence-electron chi connectivity index (χ2n) is 4.54. The molecule has 0 radical (unpaired) electrons. The lowest BCUT2D eigenvalue weighted by Gasteiger charge is -2.20. The van der Waals surface area contributed by atoms with Gasteiger partial charge in [0, 0.05) is 6.42 Å². The van der Waals surface area contributed by atoms with E-state index in [1.807, 2.05) is 6.92 Å². The zero-order valence-electron chi connectivity index (χ0n) is 10.5. The molecule has 92 valence electrons. The first-order chi connectivity index (χ1) is 7.29. The van der Waals surface area contributed by atoms with Crippen molar-refractivity contribution in [3.05, 3.63) is 0 Å². The van der Waals surface area contributed by atoms with Gasteiger partial charge in [-0.05, 0) is 27.2 Å². The molecule has 0 N–H and O–H groups in total. The molecule has 0 saturated heterocycles. The number of hydrogen-bond donors (Lipinski definition) is 0. The maximum Gasteiger partial charge on any atom is 0.311 e. The van der Waals surface area contributed by atoms with Crippen molar-refractivity contribution in [1.82, 2.24) is 0 Å². The molecule has 0 aromatic heterocycles. The van der Waals surface area contributed by atoms with E-state index in [4.69, 9.17) is 4.74 Å². The molecule has 0 aliphatic carbocycles. The molecule has 0 aliphatic rings. The Morgan fingerprint density at radius 1 is 1.19 bits per heavy atom. The minimum atomic E-state index is -0.510. The number of ether oxygens (including phenoxy) is 1. The summed E-state index contributed by atoms with van der Waals surface area (Å²) in [6.07, 6.45) is 0.729. The second-order valence-corrected chi connectivity index (χ2v) is 4.54. The van der Waals surface area contributed by atoms with E-state index in [2.05, 4.69) is 0 Å². The van der Waals surface area contributed by atoms with E-state index in [9.17, 15) is 14.4 Å². The van der Waals surface area contributed by atoms with Crippen LogP contribution in [0, 0.1) is 5.41 Å². The van der Waals surface area contributed by atoms with E-state index < -0.39 is 5.41 Å². The number of Topliss-reactive ketones (excluding diaryl/α,β-unsaturated/α-hetero) is 2. The zero-order chi connectivity index (χ0) is 12.8. The van der Waals surface area contributed by atoms with Gasteiger partial charge in [0.15, 0.2) is 0 Å². The molecule has 0 spiro atoms. The molecule has 0 aromatic carbocycles. The Morgan fingerprint density at radius 2 is 1.75 bits per heavy atom. The van der Waals surface area contributed by atoms with Crippen molar-refractivity contribution >= 4 is 17.5 Å². The third-order valence-electron chi connectivity index (χ3n) is 2.50. The standard InChI is InChI=1S/C12H20O4/c1-5-12(3,4)11(15)16-7-6-10(14)8-9(2)13/h5-8H2,1-4H3. The summed E-state index contributed by atoms with van der Waals surface area (Å²) in [7, 11) is 0. The Morgan fingerprint density at radius 3 is 2.19 bits per heavy atom. The summed E-state index contributed by atoms with van der Waals surface area (Å²) in [5.74, 6) is -0.648. The van der Waals surface area contributed by atoms with Crippen LogP contribution in [0.3, 0.4) is 0 Å². The third kappa shape index (κ3) is 5.63. The summed E-state index contributed by atoms with van der Waals surface area (Å²) in [4.78, 5) is 33.3. The van der Waals surface area contributed by atoms with E-state index >= 15 is 0 Å². The highest BCUT2D eigenvalue weighted by Gasteiger charge is 2.26. The number of carbonyl (C=O) groups is 3. The van der Waals surface area contributed by atoms with Gasteiger partial charge in [0.1, 0.15) is 11.6 Å². The van der Waals surface area contributed by atoms with Crippen molar-refractivity contribution in [3.8, 4) is 0 Å². The van der Waals surface area contributed by atoms with Gasteiger partial charge in [-0.25, -0.2) is 0 Å². The van der Waals surface area contributed by atoms with Crippen LogP contribution in [0.5, 0.6) is 0 Å². The van der Waals surface area contributed by atoms with Crippen LogP contribution < -0.4 is 0 Å². The molecule has 0 amide bonds. The van der Waals surface area contributed by atoms with Gasteiger partial charge in [0.2, 0.25) is 0 Å². The number of rotatable bonds is 7. The Balaban J connectivity index is 3.87. The first kappa shape index (κ1) is 14.8. The molecule has 0 heterocycles. The Bertz CT molecular complexity index is 279. The SMILES string of the molecule is CCC(C)(C)C(=O)OCCC(=O)CC(C)=O. The Hall–Kier alpha value is -1.19. The van der Waals surface area contributed by atoms with E-state index in [1.165, 1.54) is 6.92 Å². The van der Waals surface area contributed by atoms with Gasteiger partial charge in [-0.1, -0.05) is 6.92 Å². The van der Waals surface area contributed by atoms with Crippen molar-refractivity contribution in [3.63, 3.8) is 0 Å². The van der Waals surface area contributed by atoms with Crippen molar-refractivity contribution < 1.29 is 19.1 Å². The molecule has 0 fully saturated rings. The Labute approximate surface area is 96.4 Å². The summed E-state index contributed by atoms with van der Waals surface area (Å²) in [5, 5.41) is 0. The molecule has 0 atom stereocenters. The first-order valence-electron chi connectivity index (χ1n) is 5.48. The van der Waals surface area contributed by atoms with Gasteiger partial charge in [-0.2, -0.15) is 0 Å². The fourth-order valence-electron chi connectivity index (χ4n) is 0.963. The maximum atomic E-state index is 11.5.